The van der Waals surface area contributed by atoms with E-state index in [0.29, 0.717) is 11.1 Å². The minimum Gasteiger partial charge on any atom is -0.368 e. The van der Waals surface area contributed by atoms with E-state index in [1.54, 1.807) is 0 Å². The minimum atomic E-state index is -0.783. The number of nitrogens with two attached hydrogens (primary N) is 1. The van der Waals surface area contributed by atoms with Gasteiger partial charge in [-0.15, -0.1) is 0 Å². The number of amides is 2. The number of halogens is 1. The summed E-state index contributed by atoms with van der Waals surface area (Å²) >= 11 is 3.13. The lowest BCUT2D eigenvalue weighted by molar-refractivity contribution is -0.130. The maximum Gasteiger partial charge on any atom is 0.246 e. The number of hydrogen-bond donors (Lipinski definition) is 2. The van der Waals surface area contributed by atoms with Crippen LogP contribution in [0, 0.1) is 0 Å². The summed E-state index contributed by atoms with van der Waals surface area (Å²) in [5, 5.41) is 2.50. The molecule has 1 rings (SSSR count). The van der Waals surface area contributed by atoms with Gasteiger partial charge in [-0.25, -0.2) is 0 Å². The average Bonchev–Trinajstić information content (AvgIpc) is 2.38. The summed E-state index contributed by atoms with van der Waals surface area (Å²) in [5.41, 5.74) is 6.17. The summed E-state index contributed by atoms with van der Waals surface area (Å²) in [6.07, 6.45) is 0.250. The number of benzene rings is 1. The zero-order valence-corrected chi connectivity index (χ0v) is 12.6. The Morgan fingerprint density at radius 2 is 2.00 bits per heavy atom. The highest BCUT2D eigenvalue weighted by Gasteiger charge is 2.18. The fraction of sp³-hybridized carbons (Fsp3) is 0.286. The first kappa shape index (κ1) is 16.4. The van der Waals surface area contributed by atoms with Crippen LogP contribution in [0.3, 0.4) is 0 Å². The lowest BCUT2D eigenvalue weighted by Crippen LogP contribution is -2.45. The van der Waals surface area contributed by atoms with Gasteiger partial charge in [-0.1, -0.05) is 52.8 Å². The fourth-order valence-electron chi connectivity index (χ4n) is 1.52. The van der Waals surface area contributed by atoms with Crippen molar-refractivity contribution < 1.29 is 14.3 Å². The molecular weight excluding hydrogens is 324 g/mol. The maximum absolute atomic E-state index is 11.6. The molecule has 0 aliphatic carbocycles. The number of rotatable bonds is 8. The summed E-state index contributed by atoms with van der Waals surface area (Å²) in [5.74, 6) is -1.000. The second-order valence-electron chi connectivity index (χ2n) is 4.22. The zero-order valence-electron chi connectivity index (χ0n) is 11.0. The van der Waals surface area contributed by atoms with E-state index in [1.807, 2.05) is 30.3 Å². The molecule has 5 nitrogen and oxygen atoms in total. The molecule has 2 amide bonds. The second kappa shape index (κ2) is 8.50. The molecular formula is C14H17BrN2O3. The predicted octanol–water partition coefficient (Wildman–Crippen LogP) is 1.47. The van der Waals surface area contributed by atoms with Crippen LogP contribution in [0.15, 0.2) is 41.4 Å². The van der Waals surface area contributed by atoms with Crippen molar-refractivity contribution in [3.8, 4) is 0 Å². The number of primary amides is 1. The number of nitrogens with one attached hydrogen (secondary N) is 1. The van der Waals surface area contributed by atoms with Gasteiger partial charge in [0.2, 0.25) is 11.8 Å². The first-order valence-electron chi connectivity index (χ1n) is 6.02. The van der Waals surface area contributed by atoms with Crippen molar-refractivity contribution in [1.82, 2.24) is 5.32 Å². The first-order chi connectivity index (χ1) is 9.49. The Morgan fingerprint density at radius 1 is 1.35 bits per heavy atom. The SMILES string of the molecule is C=C(Br)C[C@H](NC(=O)COCc1ccccc1)C(N)=O. The highest BCUT2D eigenvalue weighted by Crippen LogP contribution is 2.09. The van der Waals surface area contributed by atoms with E-state index in [-0.39, 0.29) is 13.0 Å². The molecule has 0 bridgehead atoms. The van der Waals surface area contributed by atoms with Crippen LogP contribution in [0.25, 0.3) is 0 Å². The second-order valence-corrected chi connectivity index (χ2v) is 5.34. The van der Waals surface area contributed by atoms with Gasteiger partial charge in [0, 0.05) is 6.42 Å². The van der Waals surface area contributed by atoms with Gasteiger partial charge in [0.15, 0.2) is 0 Å². The Labute approximate surface area is 126 Å². The molecule has 0 aromatic heterocycles. The van der Waals surface area contributed by atoms with Crippen LogP contribution in [-0.4, -0.2) is 24.5 Å². The van der Waals surface area contributed by atoms with E-state index in [9.17, 15) is 9.59 Å². The Morgan fingerprint density at radius 3 is 2.55 bits per heavy atom. The van der Waals surface area contributed by atoms with Crippen LogP contribution in [0.5, 0.6) is 0 Å². The van der Waals surface area contributed by atoms with Crippen molar-refractivity contribution in [2.75, 3.05) is 6.61 Å². The standard InChI is InChI=1S/C14H17BrN2O3/c1-10(15)7-12(14(16)19)17-13(18)9-20-8-11-5-3-2-4-6-11/h2-6,12H,1,7-9H2,(H2,16,19)(H,17,18)/t12-/m0/s1. The molecule has 1 atom stereocenters. The summed E-state index contributed by atoms with van der Waals surface area (Å²) in [6, 6.07) is 8.71. The maximum atomic E-state index is 11.6. The topological polar surface area (TPSA) is 81.4 Å². The van der Waals surface area contributed by atoms with Crippen LogP contribution in [0.1, 0.15) is 12.0 Å². The van der Waals surface area contributed by atoms with Gasteiger partial charge < -0.3 is 15.8 Å². The molecule has 0 radical (unpaired) electrons. The molecule has 0 aliphatic heterocycles. The lowest BCUT2D eigenvalue weighted by atomic mass is 10.2. The number of hydrogen-bond acceptors (Lipinski definition) is 3. The van der Waals surface area contributed by atoms with Crippen molar-refractivity contribution in [3.05, 3.63) is 47.0 Å². The molecule has 0 saturated heterocycles. The van der Waals surface area contributed by atoms with Gasteiger partial charge in [-0.2, -0.15) is 0 Å². The van der Waals surface area contributed by atoms with Crippen LogP contribution >= 0.6 is 15.9 Å². The molecule has 0 heterocycles. The number of ether oxygens (including phenoxy) is 1. The van der Waals surface area contributed by atoms with Crippen molar-refractivity contribution in [3.63, 3.8) is 0 Å². The lowest BCUT2D eigenvalue weighted by Gasteiger charge is -2.14. The van der Waals surface area contributed by atoms with Crippen molar-refractivity contribution in [2.24, 2.45) is 5.73 Å². The smallest absolute Gasteiger partial charge is 0.246 e. The van der Waals surface area contributed by atoms with E-state index in [2.05, 4.69) is 27.8 Å². The molecule has 1 aromatic rings. The Bertz CT molecular complexity index is 477. The number of carbonyl (C=O) groups is 2. The fourth-order valence-corrected chi connectivity index (χ4v) is 1.84. The van der Waals surface area contributed by atoms with Gasteiger partial charge >= 0.3 is 0 Å². The van der Waals surface area contributed by atoms with E-state index in [1.165, 1.54) is 0 Å². The highest BCUT2D eigenvalue weighted by atomic mass is 79.9. The molecule has 0 unspecified atom stereocenters. The van der Waals surface area contributed by atoms with Crippen LogP contribution < -0.4 is 11.1 Å². The van der Waals surface area contributed by atoms with E-state index in [0.717, 1.165) is 5.56 Å². The number of carbonyl (C=O) groups excluding carboxylic acids is 2. The Hall–Kier alpha value is -1.66. The molecule has 20 heavy (non-hydrogen) atoms. The molecule has 0 saturated carbocycles. The molecule has 0 aliphatic rings. The van der Waals surface area contributed by atoms with Gasteiger partial charge in [0.25, 0.3) is 0 Å². The third kappa shape index (κ3) is 6.49. The normalized spacial score (nSPS) is 11.7. The molecule has 6 heteroatoms. The minimum absolute atomic E-state index is 0.132. The predicted molar refractivity (Wildman–Crippen MR) is 79.9 cm³/mol. The Kier molecular flexibility index (Phi) is 6.97. The van der Waals surface area contributed by atoms with E-state index in [4.69, 9.17) is 10.5 Å². The zero-order chi connectivity index (χ0) is 15.0. The third-order valence-electron chi connectivity index (χ3n) is 2.45. The van der Waals surface area contributed by atoms with Gasteiger partial charge in [0.05, 0.1) is 6.61 Å². The molecule has 0 spiro atoms. The van der Waals surface area contributed by atoms with Gasteiger partial charge in [-0.05, 0) is 10.0 Å². The van der Waals surface area contributed by atoms with Crippen LogP contribution in [0.4, 0.5) is 0 Å². The van der Waals surface area contributed by atoms with Gasteiger partial charge in [0.1, 0.15) is 12.6 Å². The first-order valence-corrected chi connectivity index (χ1v) is 6.82. The summed E-state index contributed by atoms with van der Waals surface area (Å²) in [4.78, 5) is 22.8. The van der Waals surface area contributed by atoms with E-state index >= 15 is 0 Å². The molecule has 108 valence electrons. The molecule has 3 N–H and O–H groups in total. The van der Waals surface area contributed by atoms with E-state index < -0.39 is 17.9 Å². The van der Waals surface area contributed by atoms with Crippen molar-refractivity contribution in [1.29, 1.82) is 0 Å². The van der Waals surface area contributed by atoms with Crippen molar-refractivity contribution >= 4 is 27.7 Å². The monoisotopic (exact) mass is 340 g/mol. The third-order valence-corrected chi connectivity index (χ3v) is 2.77. The highest BCUT2D eigenvalue weighted by molar-refractivity contribution is 9.11. The van der Waals surface area contributed by atoms with Gasteiger partial charge in [-0.3, -0.25) is 9.59 Å². The Balaban J connectivity index is 2.35. The van der Waals surface area contributed by atoms with Crippen molar-refractivity contribution in [2.45, 2.75) is 19.1 Å². The largest absolute Gasteiger partial charge is 0.368 e. The summed E-state index contributed by atoms with van der Waals surface area (Å²) in [6.45, 7) is 3.82. The molecule has 0 fully saturated rings. The summed E-state index contributed by atoms with van der Waals surface area (Å²) in [7, 11) is 0. The quantitative estimate of drug-likeness (QED) is 0.751. The summed E-state index contributed by atoms with van der Waals surface area (Å²) < 4.78 is 5.86. The van der Waals surface area contributed by atoms with Crippen LogP contribution in [-0.2, 0) is 20.9 Å². The molecule has 1 aromatic carbocycles. The average molecular weight is 341 g/mol. The van der Waals surface area contributed by atoms with Crippen LogP contribution in [0.2, 0.25) is 0 Å².